The first-order valence-electron chi connectivity index (χ1n) is 7.38. The van der Waals surface area contributed by atoms with Crippen LogP contribution in [0.4, 0.5) is 0 Å². The number of Topliss-reactive ketones (excluding diaryl/α,β-unsaturated/α-hetero) is 1. The lowest BCUT2D eigenvalue weighted by Crippen LogP contribution is -2.14. The van der Waals surface area contributed by atoms with Gasteiger partial charge in [-0.3, -0.25) is 4.79 Å². The minimum atomic E-state index is 0.0344. The van der Waals surface area contributed by atoms with Crippen LogP contribution in [0.5, 0.6) is 11.5 Å². The second-order valence-corrected chi connectivity index (χ2v) is 5.85. The zero-order valence-corrected chi connectivity index (χ0v) is 13.8. The summed E-state index contributed by atoms with van der Waals surface area (Å²) in [7, 11) is 3.17. The maximum absolute atomic E-state index is 12.8. The molecule has 2 aromatic rings. The Morgan fingerprint density at radius 3 is 2.48 bits per heavy atom. The molecule has 0 fully saturated rings. The Balaban J connectivity index is 2.00. The molecule has 0 radical (unpaired) electrons. The standard InChI is InChI=1S/C19H17ClO3/c1-22-17-10-13-6-7-14(8-12-4-3-5-15(20)9-12)19(21)16(13)11-18(17)23-2/h3-5,8-11H,6-7H2,1-2H3/b14-8+. The highest BCUT2D eigenvalue weighted by Gasteiger charge is 2.24. The molecule has 23 heavy (non-hydrogen) atoms. The summed E-state index contributed by atoms with van der Waals surface area (Å²) in [5.74, 6) is 1.26. The quantitative estimate of drug-likeness (QED) is 0.774. The number of ether oxygens (including phenoxy) is 2. The number of allylic oxidation sites excluding steroid dienone is 1. The van der Waals surface area contributed by atoms with E-state index in [1.54, 1.807) is 20.3 Å². The first-order chi connectivity index (χ1) is 11.1. The molecule has 0 saturated heterocycles. The van der Waals surface area contributed by atoms with E-state index in [1.165, 1.54) is 0 Å². The lowest BCUT2D eigenvalue weighted by Gasteiger charge is -2.20. The van der Waals surface area contributed by atoms with Crippen molar-refractivity contribution in [1.29, 1.82) is 0 Å². The molecular formula is C19H17ClO3. The normalized spacial score (nSPS) is 15.4. The average Bonchev–Trinajstić information content (AvgIpc) is 2.56. The van der Waals surface area contributed by atoms with Crippen molar-refractivity contribution in [2.45, 2.75) is 12.8 Å². The van der Waals surface area contributed by atoms with Gasteiger partial charge in [-0.15, -0.1) is 0 Å². The smallest absolute Gasteiger partial charge is 0.189 e. The molecule has 0 heterocycles. The summed E-state index contributed by atoms with van der Waals surface area (Å²) in [6.45, 7) is 0. The lowest BCUT2D eigenvalue weighted by molar-refractivity contribution is 0.102. The Bertz CT molecular complexity index is 793. The number of carbonyl (C=O) groups excluding carboxylic acids is 1. The third-order valence-electron chi connectivity index (χ3n) is 4.00. The van der Waals surface area contributed by atoms with Gasteiger partial charge in [-0.05, 0) is 54.3 Å². The average molecular weight is 329 g/mol. The predicted molar refractivity (Wildman–Crippen MR) is 91.6 cm³/mol. The fraction of sp³-hybridized carbons (Fsp3) is 0.211. The summed E-state index contributed by atoms with van der Waals surface area (Å²) < 4.78 is 10.6. The first-order valence-corrected chi connectivity index (χ1v) is 7.76. The van der Waals surface area contributed by atoms with Crippen LogP contribution >= 0.6 is 11.6 Å². The largest absolute Gasteiger partial charge is 0.493 e. The van der Waals surface area contributed by atoms with Crippen LogP contribution in [0, 0.1) is 0 Å². The van der Waals surface area contributed by atoms with Crippen molar-refractivity contribution in [2.75, 3.05) is 14.2 Å². The van der Waals surface area contributed by atoms with E-state index in [4.69, 9.17) is 21.1 Å². The number of ketones is 1. The predicted octanol–water partition coefficient (Wildman–Crippen LogP) is 4.57. The zero-order valence-electron chi connectivity index (χ0n) is 13.1. The highest BCUT2D eigenvalue weighted by Crippen LogP contribution is 2.35. The van der Waals surface area contributed by atoms with Gasteiger partial charge >= 0.3 is 0 Å². The van der Waals surface area contributed by atoms with Crippen LogP contribution in [-0.4, -0.2) is 20.0 Å². The molecule has 0 amide bonds. The first kappa shape index (κ1) is 15.6. The molecule has 3 rings (SSSR count). The van der Waals surface area contributed by atoms with Gasteiger partial charge in [0.05, 0.1) is 14.2 Å². The van der Waals surface area contributed by atoms with E-state index in [0.29, 0.717) is 28.5 Å². The third kappa shape index (κ3) is 3.10. The summed E-state index contributed by atoms with van der Waals surface area (Å²) in [5, 5.41) is 0.661. The number of halogens is 1. The van der Waals surface area contributed by atoms with E-state index in [-0.39, 0.29) is 5.78 Å². The molecule has 0 atom stereocenters. The van der Waals surface area contributed by atoms with Crippen molar-refractivity contribution in [2.24, 2.45) is 0 Å². The van der Waals surface area contributed by atoms with Crippen LogP contribution in [-0.2, 0) is 6.42 Å². The van der Waals surface area contributed by atoms with Crippen molar-refractivity contribution < 1.29 is 14.3 Å². The Morgan fingerprint density at radius 1 is 1.04 bits per heavy atom. The molecule has 118 valence electrons. The highest BCUT2D eigenvalue weighted by atomic mass is 35.5. The van der Waals surface area contributed by atoms with Gasteiger partial charge in [0.25, 0.3) is 0 Å². The van der Waals surface area contributed by atoms with Crippen molar-refractivity contribution >= 4 is 23.5 Å². The number of hydrogen-bond acceptors (Lipinski definition) is 3. The van der Waals surface area contributed by atoms with Gasteiger partial charge < -0.3 is 9.47 Å². The number of fused-ring (bicyclic) bond motifs is 1. The SMILES string of the molecule is COc1cc2c(cc1OC)C(=O)/C(=C/c1cccc(Cl)c1)CC2. The molecule has 0 aliphatic heterocycles. The van der Waals surface area contributed by atoms with Crippen LogP contribution in [0.2, 0.25) is 5.02 Å². The highest BCUT2D eigenvalue weighted by molar-refractivity contribution is 6.30. The van der Waals surface area contributed by atoms with Crippen LogP contribution in [0.3, 0.4) is 0 Å². The Morgan fingerprint density at radius 2 is 1.78 bits per heavy atom. The molecule has 0 N–H and O–H groups in total. The molecule has 2 aromatic carbocycles. The molecule has 1 aliphatic rings. The van der Waals surface area contributed by atoms with Crippen LogP contribution < -0.4 is 9.47 Å². The summed E-state index contributed by atoms with van der Waals surface area (Å²) >= 11 is 6.01. The van der Waals surface area contributed by atoms with Gasteiger partial charge in [0.1, 0.15) is 0 Å². The number of aryl methyl sites for hydroxylation is 1. The molecule has 3 nitrogen and oxygen atoms in total. The molecule has 0 spiro atoms. The number of carbonyl (C=O) groups is 1. The Kier molecular flexibility index (Phi) is 4.39. The number of hydrogen-bond donors (Lipinski definition) is 0. The van der Waals surface area contributed by atoms with Crippen molar-refractivity contribution in [3.63, 3.8) is 0 Å². The van der Waals surface area contributed by atoms with Gasteiger partial charge in [-0.1, -0.05) is 23.7 Å². The van der Waals surface area contributed by atoms with Gasteiger partial charge in [-0.25, -0.2) is 0 Å². The molecule has 4 heteroatoms. The van der Waals surface area contributed by atoms with E-state index in [1.807, 2.05) is 36.4 Å². The van der Waals surface area contributed by atoms with Crippen LogP contribution in [0.1, 0.15) is 27.9 Å². The van der Waals surface area contributed by atoms with E-state index in [0.717, 1.165) is 23.1 Å². The summed E-state index contributed by atoms with van der Waals surface area (Å²) in [4.78, 5) is 12.8. The minimum Gasteiger partial charge on any atom is -0.493 e. The molecular weight excluding hydrogens is 312 g/mol. The molecule has 1 aliphatic carbocycles. The van der Waals surface area contributed by atoms with Gasteiger partial charge in [0.15, 0.2) is 17.3 Å². The second kappa shape index (κ2) is 6.47. The number of rotatable bonds is 3. The van der Waals surface area contributed by atoms with Crippen molar-refractivity contribution in [1.82, 2.24) is 0 Å². The van der Waals surface area contributed by atoms with E-state index in [9.17, 15) is 4.79 Å². The monoisotopic (exact) mass is 328 g/mol. The van der Waals surface area contributed by atoms with E-state index >= 15 is 0 Å². The summed E-state index contributed by atoms with van der Waals surface area (Å²) in [6, 6.07) is 11.1. The zero-order chi connectivity index (χ0) is 16.4. The maximum atomic E-state index is 12.8. The molecule has 0 saturated carbocycles. The fourth-order valence-electron chi connectivity index (χ4n) is 2.83. The Labute approximate surface area is 140 Å². The lowest BCUT2D eigenvalue weighted by atomic mass is 9.85. The molecule has 0 bridgehead atoms. The maximum Gasteiger partial charge on any atom is 0.189 e. The van der Waals surface area contributed by atoms with Crippen molar-refractivity contribution in [3.05, 3.63) is 63.7 Å². The van der Waals surface area contributed by atoms with Gasteiger partial charge in [0, 0.05) is 16.2 Å². The summed E-state index contributed by atoms with van der Waals surface area (Å²) in [6.07, 6.45) is 3.41. The van der Waals surface area contributed by atoms with E-state index in [2.05, 4.69) is 0 Å². The third-order valence-corrected chi connectivity index (χ3v) is 4.23. The Hall–Kier alpha value is -2.26. The van der Waals surface area contributed by atoms with Crippen LogP contribution in [0.25, 0.3) is 6.08 Å². The van der Waals surface area contributed by atoms with Crippen molar-refractivity contribution in [3.8, 4) is 11.5 Å². The minimum absolute atomic E-state index is 0.0344. The second-order valence-electron chi connectivity index (χ2n) is 5.42. The van der Waals surface area contributed by atoms with Gasteiger partial charge in [0.2, 0.25) is 0 Å². The number of benzene rings is 2. The number of methoxy groups -OCH3 is 2. The summed E-state index contributed by atoms with van der Waals surface area (Å²) in [5.41, 5.74) is 3.40. The van der Waals surface area contributed by atoms with Crippen LogP contribution in [0.15, 0.2) is 42.0 Å². The molecule has 0 aromatic heterocycles. The topological polar surface area (TPSA) is 35.5 Å². The fourth-order valence-corrected chi connectivity index (χ4v) is 3.03. The van der Waals surface area contributed by atoms with E-state index < -0.39 is 0 Å². The van der Waals surface area contributed by atoms with Gasteiger partial charge in [-0.2, -0.15) is 0 Å². The molecule has 0 unspecified atom stereocenters.